The summed E-state index contributed by atoms with van der Waals surface area (Å²) in [5.41, 5.74) is 3.53. The van der Waals surface area contributed by atoms with Crippen LogP contribution in [0.15, 0.2) is 22.5 Å². The van der Waals surface area contributed by atoms with E-state index in [9.17, 15) is 5.11 Å². The summed E-state index contributed by atoms with van der Waals surface area (Å²) in [6.07, 6.45) is -0.372. The number of aliphatic hydroxyl groups is 1. The summed E-state index contributed by atoms with van der Waals surface area (Å²) in [6.45, 7) is 8.17. The number of rotatable bonds is 7. The number of hydrogen-bond donors (Lipinski definition) is 2. The molecule has 1 aliphatic rings. The number of aromatic nitrogens is 2. The number of aryl methyl sites for hydroxylation is 2. The molecule has 25 heavy (non-hydrogen) atoms. The Hall–Kier alpha value is -1.19. The van der Waals surface area contributed by atoms with E-state index in [2.05, 4.69) is 46.4 Å². The highest BCUT2D eigenvalue weighted by Crippen LogP contribution is 2.28. The van der Waals surface area contributed by atoms with E-state index in [4.69, 9.17) is 4.74 Å². The van der Waals surface area contributed by atoms with Crippen LogP contribution in [0.4, 0.5) is 10.8 Å². The molecular formula is C17H24N4O2S2. The van der Waals surface area contributed by atoms with Crippen molar-refractivity contribution in [1.82, 2.24) is 15.1 Å². The van der Waals surface area contributed by atoms with Gasteiger partial charge in [-0.3, -0.25) is 4.90 Å². The molecular weight excluding hydrogens is 356 g/mol. The van der Waals surface area contributed by atoms with Gasteiger partial charge in [-0.15, -0.1) is 10.2 Å². The Bertz CT molecular complexity index is 689. The first-order chi connectivity index (χ1) is 12.1. The monoisotopic (exact) mass is 380 g/mol. The van der Waals surface area contributed by atoms with Crippen molar-refractivity contribution in [3.63, 3.8) is 0 Å². The van der Waals surface area contributed by atoms with Crippen molar-refractivity contribution in [2.24, 2.45) is 0 Å². The highest BCUT2D eigenvalue weighted by Gasteiger charge is 2.16. The molecule has 1 saturated heterocycles. The molecule has 1 fully saturated rings. The van der Waals surface area contributed by atoms with E-state index in [1.165, 1.54) is 22.5 Å². The van der Waals surface area contributed by atoms with Crippen molar-refractivity contribution in [2.75, 3.05) is 43.9 Å². The van der Waals surface area contributed by atoms with Gasteiger partial charge in [0.2, 0.25) is 5.13 Å². The van der Waals surface area contributed by atoms with Crippen LogP contribution in [0.3, 0.4) is 0 Å². The van der Waals surface area contributed by atoms with Crippen LogP contribution in [0.1, 0.15) is 11.1 Å². The molecule has 3 rings (SSSR count). The van der Waals surface area contributed by atoms with E-state index >= 15 is 0 Å². The molecule has 136 valence electrons. The van der Waals surface area contributed by atoms with Crippen LogP contribution < -0.4 is 5.32 Å². The molecule has 2 heterocycles. The van der Waals surface area contributed by atoms with Gasteiger partial charge in [0, 0.05) is 31.1 Å². The van der Waals surface area contributed by atoms with Crippen LogP contribution >= 0.6 is 23.1 Å². The summed E-state index contributed by atoms with van der Waals surface area (Å²) in [5.74, 6) is 0.621. The molecule has 1 aromatic heterocycles. The van der Waals surface area contributed by atoms with Crippen LogP contribution in [-0.4, -0.2) is 64.9 Å². The molecule has 6 nitrogen and oxygen atoms in total. The summed E-state index contributed by atoms with van der Waals surface area (Å²) >= 11 is 3.06. The van der Waals surface area contributed by atoms with Crippen molar-refractivity contribution in [3.05, 3.63) is 29.3 Å². The third kappa shape index (κ3) is 5.65. The lowest BCUT2D eigenvalue weighted by Gasteiger charge is -2.28. The zero-order chi connectivity index (χ0) is 17.6. The number of benzene rings is 1. The normalized spacial score (nSPS) is 16.8. The summed E-state index contributed by atoms with van der Waals surface area (Å²) < 4.78 is 6.19. The molecule has 0 radical (unpaired) electrons. The number of ether oxygens (including phenoxy) is 1. The van der Waals surface area contributed by atoms with Gasteiger partial charge in [0.25, 0.3) is 0 Å². The Morgan fingerprint density at radius 1 is 1.28 bits per heavy atom. The summed E-state index contributed by atoms with van der Waals surface area (Å²) in [4.78, 5) is 2.24. The third-order valence-corrected chi connectivity index (χ3v) is 6.25. The minimum Gasteiger partial charge on any atom is -0.391 e. The standard InChI is InChI=1S/C17H24N4O2S2/c1-12-3-4-14(9-13(12)2)18-16-19-20-17(25-16)24-11-15(22)10-21-5-7-23-8-6-21/h3-4,9,15,22H,5-8,10-11H2,1-2H3,(H,18,19)/t15-/m0/s1. The average Bonchev–Trinajstić information content (AvgIpc) is 3.05. The Morgan fingerprint density at radius 2 is 2.08 bits per heavy atom. The zero-order valence-corrected chi connectivity index (χ0v) is 16.2. The third-order valence-electron chi connectivity index (χ3n) is 4.14. The van der Waals surface area contributed by atoms with Crippen molar-refractivity contribution in [3.8, 4) is 0 Å². The van der Waals surface area contributed by atoms with Gasteiger partial charge in [-0.05, 0) is 37.1 Å². The fraction of sp³-hybridized carbons (Fsp3) is 0.529. The van der Waals surface area contributed by atoms with Crippen LogP contribution in [0.5, 0.6) is 0 Å². The molecule has 1 atom stereocenters. The van der Waals surface area contributed by atoms with Crippen molar-refractivity contribution >= 4 is 33.9 Å². The maximum atomic E-state index is 10.2. The number of nitrogens with zero attached hydrogens (tertiary/aromatic N) is 3. The second kappa shape index (κ2) is 8.95. The largest absolute Gasteiger partial charge is 0.391 e. The first-order valence-corrected chi connectivity index (χ1v) is 10.2. The molecule has 1 aromatic carbocycles. The van der Waals surface area contributed by atoms with Gasteiger partial charge in [0.05, 0.1) is 19.3 Å². The molecule has 8 heteroatoms. The molecule has 0 unspecified atom stereocenters. The quantitative estimate of drug-likeness (QED) is 0.716. The number of nitrogens with one attached hydrogen (secondary N) is 1. The van der Waals surface area contributed by atoms with E-state index in [1.54, 1.807) is 11.8 Å². The fourth-order valence-electron chi connectivity index (χ4n) is 2.56. The van der Waals surface area contributed by atoms with E-state index in [1.807, 2.05) is 6.07 Å². The lowest BCUT2D eigenvalue weighted by atomic mass is 10.1. The van der Waals surface area contributed by atoms with Gasteiger partial charge >= 0.3 is 0 Å². The van der Waals surface area contributed by atoms with E-state index in [0.29, 0.717) is 12.3 Å². The van der Waals surface area contributed by atoms with Crippen LogP contribution in [0.2, 0.25) is 0 Å². The van der Waals surface area contributed by atoms with E-state index in [0.717, 1.165) is 41.5 Å². The highest BCUT2D eigenvalue weighted by atomic mass is 32.2. The second-order valence-corrected chi connectivity index (χ2v) is 8.42. The molecule has 0 spiro atoms. The molecule has 1 aliphatic heterocycles. The molecule has 2 aromatic rings. The number of thioether (sulfide) groups is 1. The van der Waals surface area contributed by atoms with Gasteiger partial charge in [0.1, 0.15) is 0 Å². The van der Waals surface area contributed by atoms with Gasteiger partial charge in [-0.2, -0.15) is 0 Å². The van der Waals surface area contributed by atoms with Crippen molar-refractivity contribution in [1.29, 1.82) is 0 Å². The van der Waals surface area contributed by atoms with E-state index < -0.39 is 0 Å². The maximum Gasteiger partial charge on any atom is 0.210 e. The molecule has 0 bridgehead atoms. The van der Waals surface area contributed by atoms with Gasteiger partial charge < -0.3 is 15.2 Å². The fourth-order valence-corrected chi connectivity index (χ4v) is 4.28. The van der Waals surface area contributed by atoms with Crippen LogP contribution in [0, 0.1) is 13.8 Å². The molecule has 0 amide bonds. The number of anilines is 2. The first kappa shape index (κ1) is 18.6. The number of morpholine rings is 1. The maximum absolute atomic E-state index is 10.2. The Labute approximate surface area is 156 Å². The van der Waals surface area contributed by atoms with Crippen LogP contribution in [-0.2, 0) is 4.74 Å². The number of β-amino-alcohol motifs (C(OH)–C–C–N with tert-alkyl or cyclic N) is 1. The smallest absolute Gasteiger partial charge is 0.210 e. The minimum absolute atomic E-state index is 0.372. The predicted octanol–water partition coefficient (Wildman–Crippen LogP) is 2.68. The second-order valence-electron chi connectivity index (χ2n) is 6.17. The van der Waals surface area contributed by atoms with Crippen molar-refractivity contribution < 1.29 is 9.84 Å². The zero-order valence-electron chi connectivity index (χ0n) is 14.6. The first-order valence-electron chi connectivity index (χ1n) is 8.39. The van der Waals surface area contributed by atoms with E-state index in [-0.39, 0.29) is 6.10 Å². The summed E-state index contributed by atoms with van der Waals surface area (Å²) in [5, 5.41) is 22.6. The average molecular weight is 381 g/mol. The lowest BCUT2D eigenvalue weighted by Crippen LogP contribution is -2.41. The summed E-state index contributed by atoms with van der Waals surface area (Å²) in [6, 6.07) is 6.24. The van der Waals surface area contributed by atoms with Gasteiger partial charge in [0.15, 0.2) is 4.34 Å². The Morgan fingerprint density at radius 3 is 2.84 bits per heavy atom. The minimum atomic E-state index is -0.372. The lowest BCUT2D eigenvalue weighted by molar-refractivity contribution is 0.0188. The summed E-state index contributed by atoms with van der Waals surface area (Å²) in [7, 11) is 0. The molecule has 2 N–H and O–H groups in total. The van der Waals surface area contributed by atoms with Gasteiger partial charge in [-0.1, -0.05) is 29.2 Å². The molecule has 0 saturated carbocycles. The highest BCUT2D eigenvalue weighted by molar-refractivity contribution is 8.01. The topological polar surface area (TPSA) is 70.5 Å². The number of aliphatic hydroxyl groups excluding tert-OH is 1. The van der Waals surface area contributed by atoms with Gasteiger partial charge in [-0.25, -0.2) is 0 Å². The number of hydrogen-bond acceptors (Lipinski definition) is 8. The Balaban J connectivity index is 1.47. The van der Waals surface area contributed by atoms with Crippen molar-refractivity contribution in [2.45, 2.75) is 24.3 Å². The Kier molecular flexibility index (Phi) is 6.66. The molecule has 0 aliphatic carbocycles. The predicted molar refractivity (Wildman–Crippen MR) is 103 cm³/mol. The SMILES string of the molecule is Cc1ccc(Nc2nnc(SC[C@@H](O)CN3CCOCC3)s2)cc1C. The van der Waals surface area contributed by atoms with Crippen LogP contribution in [0.25, 0.3) is 0 Å².